The lowest BCUT2D eigenvalue weighted by molar-refractivity contribution is 0.318. The van der Waals surface area contributed by atoms with Crippen molar-refractivity contribution in [1.82, 2.24) is 15.0 Å². The Kier molecular flexibility index (Phi) is 6.92. The molecule has 0 bridgehead atoms. The van der Waals surface area contributed by atoms with Crippen LogP contribution in [0.25, 0.3) is 0 Å². The van der Waals surface area contributed by atoms with E-state index in [2.05, 4.69) is 36.1 Å². The van der Waals surface area contributed by atoms with E-state index in [-0.39, 0.29) is 11.7 Å². The molecule has 166 valence electrons. The molecule has 0 aliphatic heterocycles. The highest BCUT2D eigenvalue weighted by Gasteiger charge is 2.08. The van der Waals surface area contributed by atoms with Gasteiger partial charge in [0.1, 0.15) is 0 Å². The van der Waals surface area contributed by atoms with E-state index in [1.165, 1.54) is 0 Å². The van der Waals surface area contributed by atoms with E-state index < -0.39 is 0 Å². The number of phenols is 1. The number of ether oxygens (including phenoxy) is 1. The fourth-order valence-corrected chi connectivity index (χ4v) is 2.89. The topological polar surface area (TPSA) is 117 Å². The lowest BCUT2D eigenvalue weighted by Crippen LogP contribution is -2.07. The summed E-state index contributed by atoms with van der Waals surface area (Å²) in [6, 6.07) is 24.2. The predicted molar refractivity (Wildman–Crippen MR) is 130 cm³/mol. The number of benzene rings is 3. The second-order valence-corrected chi connectivity index (χ2v) is 6.82. The fourth-order valence-electron chi connectivity index (χ4n) is 2.89. The van der Waals surface area contributed by atoms with Crippen LogP contribution in [0.5, 0.6) is 11.5 Å². The number of nitrogens with zero attached hydrogens (tertiary/aromatic N) is 4. The minimum atomic E-state index is 0.0766. The number of aromatic nitrogens is 3. The van der Waals surface area contributed by atoms with Gasteiger partial charge in [0.15, 0.2) is 11.5 Å². The summed E-state index contributed by atoms with van der Waals surface area (Å²) in [6.07, 6.45) is 1.58. The third kappa shape index (κ3) is 6.17. The number of nitrogens with one attached hydrogen (secondary N) is 3. The molecule has 4 N–H and O–H groups in total. The Bertz CT molecular complexity index is 1160. The largest absolute Gasteiger partial charge is 0.504 e. The van der Waals surface area contributed by atoms with Gasteiger partial charge in [-0.2, -0.15) is 20.1 Å². The van der Waals surface area contributed by atoms with Crippen LogP contribution >= 0.6 is 0 Å². The van der Waals surface area contributed by atoms with E-state index in [4.69, 9.17) is 4.74 Å². The maximum absolute atomic E-state index is 9.85. The first kappa shape index (κ1) is 21.6. The number of anilines is 5. The van der Waals surface area contributed by atoms with Crippen molar-refractivity contribution in [3.63, 3.8) is 0 Å². The molecule has 0 saturated carbocycles. The van der Waals surface area contributed by atoms with E-state index in [0.29, 0.717) is 24.3 Å². The van der Waals surface area contributed by atoms with Crippen LogP contribution < -0.4 is 20.8 Å². The first-order valence-corrected chi connectivity index (χ1v) is 10.3. The fraction of sp³-hybridized carbons (Fsp3) is 0.0833. The van der Waals surface area contributed by atoms with Gasteiger partial charge in [0.25, 0.3) is 0 Å². The summed E-state index contributed by atoms with van der Waals surface area (Å²) in [5, 5.41) is 20.4. The minimum absolute atomic E-state index is 0.0766. The number of rotatable bonds is 9. The molecule has 0 spiro atoms. The molecule has 33 heavy (non-hydrogen) atoms. The average Bonchev–Trinajstić information content (AvgIpc) is 2.82. The van der Waals surface area contributed by atoms with Gasteiger partial charge in [0.05, 0.1) is 12.8 Å². The highest BCUT2D eigenvalue weighted by molar-refractivity contribution is 5.81. The molecule has 0 radical (unpaired) electrons. The maximum atomic E-state index is 9.85. The Morgan fingerprint density at radius 2 is 1.39 bits per heavy atom. The molecule has 3 aromatic carbocycles. The van der Waals surface area contributed by atoms with Gasteiger partial charge in [-0.25, -0.2) is 5.43 Å². The van der Waals surface area contributed by atoms with E-state index in [1.54, 1.807) is 24.4 Å². The van der Waals surface area contributed by atoms with Crippen LogP contribution in [0.2, 0.25) is 0 Å². The van der Waals surface area contributed by atoms with E-state index in [0.717, 1.165) is 16.9 Å². The highest BCUT2D eigenvalue weighted by Crippen LogP contribution is 2.26. The van der Waals surface area contributed by atoms with Crippen molar-refractivity contribution in [3.8, 4) is 11.5 Å². The third-order valence-electron chi connectivity index (χ3n) is 4.36. The highest BCUT2D eigenvalue weighted by atomic mass is 16.5. The summed E-state index contributed by atoms with van der Waals surface area (Å²) in [6.45, 7) is 2.30. The van der Waals surface area contributed by atoms with Crippen molar-refractivity contribution >= 4 is 35.4 Å². The molecule has 0 aliphatic carbocycles. The molecule has 4 aromatic rings. The maximum Gasteiger partial charge on any atom is 0.250 e. The third-order valence-corrected chi connectivity index (χ3v) is 4.36. The van der Waals surface area contributed by atoms with Gasteiger partial charge in [0.2, 0.25) is 17.8 Å². The number of hydrogen-bond acceptors (Lipinski definition) is 9. The van der Waals surface area contributed by atoms with E-state index in [1.807, 2.05) is 67.6 Å². The second-order valence-electron chi connectivity index (χ2n) is 6.82. The first-order chi connectivity index (χ1) is 16.2. The molecule has 9 heteroatoms. The Hall–Kier alpha value is -4.66. The smallest absolute Gasteiger partial charge is 0.250 e. The van der Waals surface area contributed by atoms with Crippen LogP contribution in [0.4, 0.5) is 29.2 Å². The van der Waals surface area contributed by atoms with Gasteiger partial charge in [-0.15, -0.1) is 0 Å². The number of phenolic OH excluding ortho intramolecular Hbond substituents is 1. The van der Waals surface area contributed by atoms with Crippen molar-refractivity contribution in [2.75, 3.05) is 22.7 Å². The molecule has 0 aliphatic rings. The zero-order valence-corrected chi connectivity index (χ0v) is 17.9. The Balaban J connectivity index is 1.55. The van der Waals surface area contributed by atoms with Crippen molar-refractivity contribution < 1.29 is 9.84 Å². The number of hydrogen-bond donors (Lipinski definition) is 4. The van der Waals surface area contributed by atoms with Crippen LogP contribution in [0, 0.1) is 0 Å². The lowest BCUT2D eigenvalue weighted by atomic mass is 10.2. The van der Waals surface area contributed by atoms with Crippen LogP contribution in [0.15, 0.2) is 84.0 Å². The van der Waals surface area contributed by atoms with E-state index >= 15 is 0 Å². The van der Waals surface area contributed by atoms with Crippen LogP contribution in [0.3, 0.4) is 0 Å². The lowest BCUT2D eigenvalue weighted by Gasteiger charge is -2.10. The first-order valence-electron chi connectivity index (χ1n) is 10.3. The van der Waals surface area contributed by atoms with Crippen molar-refractivity contribution in [1.29, 1.82) is 0 Å². The molecule has 0 atom stereocenters. The molecular formula is C24H23N7O2. The van der Waals surface area contributed by atoms with Gasteiger partial charge in [-0.3, -0.25) is 0 Å². The van der Waals surface area contributed by atoms with Crippen LogP contribution in [-0.4, -0.2) is 32.9 Å². The second kappa shape index (κ2) is 10.6. The summed E-state index contributed by atoms with van der Waals surface area (Å²) in [4.78, 5) is 13.3. The molecule has 0 fully saturated rings. The number of aromatic hydroxyl groups is 1. The van der Waals surface area contributed by atoms with Crippen LogP contribution in [0.1, 0.15) is 12.5 Å². The standard InChI is InChI=1S/C24H23N7O2/c1-2-33-21-15-17(13-14-20(21)32)16-25-31-24-29-22(26-18-9-5-3-6-10-18)28-23(30-24)27-19-11-7-4-8-12-19/h3-16,32H,2H2,1H3,(H3,26,27,28,29,30,31). The summed E-state index contributed by atoms with van der Waals surface area (Å²) < 4.78 is 5.40. The molecule has 0 amide bonds. The molecule has 4 rings (SSSR count). The average molecular weight is 441 g/mol. The predicted octanol–water partition coefficient (Wildman–Crippen LogP) is 4.91. The minimum Gasteiger partial charge on any atom is -0.504 e. The molecule has 0 unspecified atom stereocenters. The van der Waals surface area contributed by atoms with Crippen molar-refractivity contribution in [2.24, 2.45) is 5.10 Å². The Morgan fingerprint density at radius 3 is 1.97 bits per heavy atom. The summed E-state index contributed by atoms with van der Waals surface area (Å²) >= 11 is 0. The van der Waals surface area contributed by atoms with Gasteiger partial charge < -0.3 is 20.5 Å². The zero-order valence-electron chi connectivity index (χ0n) is 17.9. The van der Waals surface area contributed by atoms with Gasteiger partial charge >= 0.3 is 0 Å². The molecule has 1 aromatic heterocycles. The Morgan fingerprint density at radius 1 is 0.818 bits per heavy atom. The van der Waals surface area contributed by atoms with Crippen molar-refractivity contribution in [3.05, 3.63) is 84.4 Å². The molecule has 9 nitrogen and oxygen atoms in total. The van der Waals surface area contributed by atoms with E-state index in [9.17, 15) is 5.11 Å². The summed E-state index contributed by atoms with van der Waals surface area (Å²) in [5.41, 5.74) is 5.26. The zero-order chi connectivity index (χ0) is 22.9. The Labute approximate surface area is 191 Å². The summed E-state index contributed by atoms with van der Waals surface area (Å²) in [7, 11) is 0. The van der Waals surface area contributed by atoms with Gasteiger partial charge in [0, 0.05) is 11.4 Å². The molecular weight excluding hydrogens is 418 g/mol. The monoisotopic (exact) mass is 441 g/mol. The molecule has 0 saturated heterocycles. The quantitative estimate of drug-likeness (QED) is 0.214. The normalized spacial score (nSPS) is 10.7. The number of para-hydroxylation sites is 2. The molecule has 1 heterocycles. The van der Waals surface area contributed by atoms with Gasteiger partial charge in [-0.1, -0.05) is 36.4 Å². The SMILES string of the molecule is CCOc1cc(C=NNc2nc(Nc3ccccc3)nc(Nc3ccccc3)n2)ccc1O. The van der Waals surface area contributed by atoms with Crippen LogP contribution in [-0.2, 0) is 0 Å². The number of hydrazone groups is 1. The van der Waals surface area contributed by atoms with Gasteiger partial charge in [-0.05, 0) is 55.0 Å². The summed E-state index contributed by atoms with van der Waals surface area (Å²) in [5.74, 6) is 1.44. The van der Waals surface area contributed by atoms with Crippen molar-refractivity contribution in [2.45, 2.75) is 6.92 Å².